The number of carbonyl (C=O) groups is 1. The van der Waals surface area contributed by atoms with Gasteiger partial charge in [-0.15, -0.1) is 0 Å². The molecule has 4 nitrogen and oxygen atoms in total. The number of anilines is 1. The van der Waals surface area contributed by atoms with Crippen molar-refractivity contribution >= 4 is 12.1 Å². The van der Waals surface area contributed by atoms with Crippen LogP contribution in [0.15, 0.2) is 24.3 Å². The van der Waals surface area contributed by atoms with Crippen LogP contribution in [0.25, 0.3) is 0 Å². The van der Waals surface area contributed by atoms with Crippen LogP contribution in [-0.2, 0) is 9.53 Å². The van der Waals surface area contributed by atoms with Gasteiger partial charge in [-0.05, 0) is 24.3 Å². The molecule has 1 aliphatic heterocycles. The molecule has 0 bridgehead atoms. The van der Waals surface area contributed by atoms with Crippen LogP contribution in [0.4, 0.5) is 5.69 Å². The molecule has 0 radical (unpaired) electrons. The van der Waals surface area contributed by atoms with E-state index in [0.29, 0.717) is 19.6 Å². The van der Waals surface area contributed by atoms with Crippen molar-refractivity contribution in [3.63, 3.8) is 0 Å². The summed E-state index contributed by atoms with van der Waals surface area (Å²) in [5.74, 6) is 0.801. The van der Waals surface area contributed by atoms with Gasteiger partial charge in [0.15, 0.2) is 0 Å². The predicted molar refractivity (Wildman–Crippen MR) is 51.4 cm³/mol. The van der Waals surface area contributed by atoms with Crippen LogP contribution < -0.4 is 10.1 Å². The summed E-state index contributed by atoms with van der Waals surface area (Å²) < 4.78 is 10.5. The Balaban J connectivity index is 1.94. The number of ether oxygens (including phenoxy) is 2. The highest BCUT2D eigenvalue weighted by Gasteiger charge is 2.19. The maximum Gasteiger partial charge on any atom is 0.211 e. The largest absolute Gasteiger partial charge is 0.486 e. The van der Waals surface area contributed by atoms with Gasteiger partial charge in [0.25, 0.3) is 0 Å². The molecule has 14 heavy (non-hydrogen) atoms. The Morgan fingerprint density at radius 3 is 2.57 bits per heavy atom. The fourth-order valence-corrected chi connectivity index (χ4v) is 1.17. The third-order valence-electron chi connectivity index (χ3n) is 1.99. The summed E-state index contributed by atoms with van der Waals surface area (Å²) in [6.45, 7) is 1.32. The molecule has 0 spiro atoms. The fourth-order valence-electron chi connectivity index (χ4n) is 1.17. The molecule has 2 rings (SSSR count). The Morgan fingerprint density at radius 1 is 1.36 bits per heavy atom. The number of nitrogens with one attached hydrogen (secondary N) is 1. The highest BCUT2D eigenvalue weighted by molar-refractivity contribution is 5.71. The molecule has 0 atom stereocenters. The van der Waals surface area contributed by atoms with Crippen LogP contribution >= 0.6 is 0 Å². The van der Waals surface area contributed by atoms with Crippen molar-refractivity contribution in [2.24, 2.45) is 0 Å². The molecule has 74 valence electrons. The van der Waals surface area contributed by atoms with E-state index in [-0.39, 0.29) is 6.10 Å². The molecule has 0 aromatic heterocycles. The lowest BCUT2D eigenvalue weighted by Gasteiger charge is -2.26. The summed E-state index contributed by atoms with van der Waals surface area (Å²) in [6.07, 6.45) is 0.829. The van der Waals surface area contributed by atoms with E-state index in [2.05, 4.69) is 5.32 Å². The number of amides is 1. The molecule has 1 amide bonds. The molecule has 1 N–H and O–H groups in total. The van der Waals surface area contributed by atoms with Gasteiger partial charge in [0.2, 0.25) is 6.41 Å². The first-order valence-electron chi connectivity index (χ1n) is 4.43. The number of hydrogen-bond donors (Lipinski definition) is 1. The molecule has 0 saturated carbocycles. The monoisotopic (exact) mass is 193 g/mol. The molecule has 1 saturated heterocycles. The van der Waals surface area contributed by atoms with Crippen LogP contribution in [0.1, 0.15) is 0 Å². The molecule has 0 unspecified atom stereocenters. The number of carbonyl (C=O) groups excluding carboxylic acids is 1. The van der Waals surface area contributed by atoms with E-state index in [9.17, 15) is 4.79 Å². The van der Waals surface area contributed by atoms with E-state index in [1.54, 1.807) is 12.1 Å². The Kier molecular flexibility index (Phi) is 2.65. The van der Waals surface area contributed by atoms with Crippen LogP contribution in [0.3, 0.4) is 0 Å². The van der Waals surface area contributed by atoms with Crippen LogP contribution in [-0.4, -0.2) is 25.7 Å². The summed E-state index contributed by atoms with van der Waals surface area (Å²) in [5.41, 5.74) is 0.761. The standard InChI is InChI=1S/C10H11NO3/c12-7-11-8-1-3-9(4-2-8)14-10-5-13-6-10/h1-4,7,10H,5-6H2,(H,11,12). The quantitative estimate of drug-likeness (QED) is 0.726. The zero-order valence-electron chi connectivity index (χ0n) is 7.60. The number of hydrogen-bond acceptors (Lipinski definition) is 3. The van der Waals surface area contributed by atoms with Crippen molar-refractivity contribution < 1.29 is 14.3 Å². The van der Waals surface area contributed by atoms with Crippen molar-refractivity contribution in [2.75, 3.05) is 18.5 Å². The van der Waals surface area contributed by atoms with Crippen molar-refractivity contribution in [3.05, 3.63) is 24.3 Å². The second-order valence-electron chi connectivity index (χ2n) is 3.06. The smallest absolute Gasteiger partial charge is 0.211 e. The molecular weight excluding hydrogens is 182 g/mol. The minimum atomic E-state index is 0.180. The molecule has 1 heterocycles. The second-order valence-corrected chi connectivity index (χ2v) is 3.06. The van der Waals surface area contributed by atoms with Crippen molar-refractivity contribution in [1.29, 1.82) is 0 Å². The maximum atomic E-state index is 10.1. The van der Waals surface area contributed by atoms with Gasteiger partial charge in [-0.1, -0.05) is 0 Å². The van der Waals surface area contributed by atoms with Crippen molar-refractivity contribution in [3.8, 4) is 5.75 Å². The highest BCUT2D eigenvalue weighted by Crippen LogP contribution is 2.18. The van der Waals surface area contributed by atoms with E-state index >= 15 is 0 Å². The first-order valence-corrected chi connectivity index (χ1v) is 4.43. The average molecular weight is 193 g/mol. The molecule has 1 fully saturated rings. The molecule has 0 aliphatic carbocycles. The van der Waals surface area contributed by atoms with Gasteiger partial charge in [0.05, 0.1) is 13.2 Å². The summed E-state index contributed by atoms with van der Waals surface area (Å²) in [6, 6.07) is 7.24. The lowest BCUT2D eigenvalue weighted by atomic mass is 10.3. The topological polar surface area (TPSA) is 47.6 Å². The van der Waals surface area contributed by atoms with E-state index < -0.39 is 0 Å². The van der Waals surface area contributed by atoms with Gasteiger partial charge in [-0.3, -0.25) is 4.79 Å². The zero-order valence-corrected chi connectivity index (χ0v) is 7.60. The highest BCUT2D eigenvalue weighted by atomic mass is 16.6. The van der Waals surface area contributed by atoms with Gasteiger partial charge in [-0.25, -0.2) is 0 Å². The third kappa shape index (κ3) is 2.03. The van der Waals surface area contributed by atoms with E-state index in [4.69, 9.17) is 9.47 Å². The lowest BCUT2D eigenvalue weighted by Crippen LogP contribution is -2.38. The Hall–Kier alpha value is -1.55. The minimum absolute atomic E-state index is 0.180. The molecular formula is C10H11NO3. The van der Waals surface area contributed by atoms with Crippen molar-refractivity contribution in [1.82, 2.24) is 0 Å². The Labute approximate surface area is 81.8 Å². The van der Waals surface area contributed by atoms with Gasteiger partial charge in [-0.2, -0.15) is 0 Å². The first kappa shape index (κ1) is 9.02. The minimum Gasteiger partial charge on any atom is -0.486 e. The van der Waals surface area contributed by atoms with Gasteiger partial charge < -0.3 is 14.8 Å². The molecule has 1 aliphatic rings. The Morgan fingerprint density at radius 2 is 2.07 bits per heavy atom. The van der Waals surface area contributed by atoms with Gasteiger partial charge in [0.1, 0.15) is 11.9 Å². The fraction of sp³-hybridized carbons (Fsp3) is 0.300. The van der Waals surface area contributed by atoms with Gasteiger partial charge >= 0.3 is 0 Å². The number of benzene rings is 1. The third-order valence-corrected chi connectivity index (χ3v) is 1.99. The lowest BCUT2D eigenvalue weighted by molar-refractivity contribution is -0.105. The van der Waals surface area contributed by atoms with E-state index in [1.807, 2.05) is 12.1 Å². The number of rotatable bonds is 4. The van der Waals surface area contributed by atoms with Crippen LogP contribution in [0.5, 0.6) is 5.75 Å². The zero-order chi connectivity index (χ0) is 9.80. The van der Waals surface area contributed by atoms with Crippen LogP contribution in [0, 0.1) is 0 Å². The Bertz CT molecular complexity index is 306. The maximum absolute atomic E-state index is 10.1. The van der Waals surface area contributed by atoms with Crippen LogP contribution in [0.2, 0.25) is 0 Å². The molecule has 1 aromatic rings. The van der Waals surface area contributed by atoms with Gasteiger partial charge in [0, 0.05) is 5.69 Å². The van der Waals surface area contributed by atoms with E-state index in [1.165, 1.54) is 0 Å². The predicted octanol–water partition coefficient (Wildman–Crippen LogP) is 1.03. The molecule has 1 aromatic carbocycles. The van der Waals surface area contributed by atoms with E-state index in [0.717, 1.165) is 11.4 Å². The molecule has 4 heteroatoms. The first-order chi connectivity index (χ1) is 6.88. The SMILES string of the molecule is O=CNc1ccc(OC2COC2)cc1. The van der Waals surface area contributed by atoms with Crippen molar-refractivity contribution in [2.45, 2.75) is 6.10 Å². The summed E-state index contributed by atoms with van der Waals surface area (Å²) in [4.78, 5) is 10.1. The average Bonchev–Trinajstić information content (AvgIpc) is 2.14. The summed E-state index contributed by atoms with van der Waals surface area (Å²) >= 11 is 0. The normalized spacial score (nSPS) is 15.7. The second kappa shape index (κ2) is 4.11. The summed E-state index contributed by atoms with van der Waals surface area (Å²) in [7, 11) is 0. The summed E-state index contributed by atoms with van der Waals surface area (Å²) in [5, 5.41) is 2.56.